The Labute approximate surface area is 120 Å². The Balaban J connectivity index is 1.95. The van der Waals surface area contributed by atoms with Crippen LogP contribution in [0.4, 0.5) is 5.82 Å². The first kappa shape index (κ1) is 14.8. The molecule has 1 saturated carbocycles. The number of carbonyl (C=O) groups is 1. The number of aromatic nitrogens is 2. The number of hydrogen-bond acceptors (Lipinski definition) is 4. The second kappa shape index (κ2) is 6.68. The smallest absolute Gasteiger partial charge is 0.271 e. The molecule has 1 aliphatic rings. The molecule has 1 aromatic rings. The van der Waals surface area contributed by atoms with Crippen molar-refractivity contribution < 1.29 is 4.79 Å². The molecule has 1 aliphatic carbocycles. The van der Waals surface area contributed by atoms with Crippen LogP contribution in [0.15, 0.2) is 12.1 Å². The van der Waals surface area contributed by atoms with Gasteiger partial charge in [-0.3, -0.25) is 4.79 Å². The number of nitrogens with zero attached hydrogens (tertiary/aromatic N) is 2. The highest BCUT2D eigenvalue weighted by atomic mass is 16.1. The molecule has 2 atom stereocenters. The largest absolute Gasteiger partial charge is 0.366 e. The van der Waals surface area contributed by atoms with E-state index in [4.69, 9.17) is 0 Å². The zero-order valence-electron chi connectivity index (χ0n) is 12.5. The Morgan fingerprint density at radius 2 is 1.90 bits per heavy atom. The van der Waals surface area contributed by atoms with Gasteiger partial charge in [-0.1, -0.05) is 13.8 Å². The van der Waals surface area contributed by atoms with Crippen LogP contribution in [0.1, 0.15) is 50.5 Å². The summed E-state index contributed by atoms with van der Waals surface area (Å²) in [5, 5.41) is 14.2. The van der Waals surface area contributed by atoms with Gasteiger partial charge in [-0.15, -0.1) is 10.2 Å². The molecular formula is C15H24N4O. The van der Waals surface area contributed by atoms with E-state index in [2.05, 4.69) is 34.7 Å². The van der Waals surface area contributed by atoms with E-state index in [1.54, 1.807) is 6.07 Å². The molecular weight excluding hydrogens is 252 g/mol. The van der Waals surface area contributed by atoms with Gasteiger partial charge in [0.2, 0.25) is 0 Å². The number of nitrogens with one attached hydrogen (secondary N) is 2. The average molecular weight is 276 g/mol. The van der Waals surface area contributed by atoms with Gasteiger partial charge in [-0.25, -0.2) is 0 Å². The van der Waals surface area contributed by atoms with Gasteiger partial charge in [-0.2, -0.15) is 0 Å². The minimum Gasteiger partial charge on any atom is -0.366 e. The standard InChI is InChI=1S/C15H24N4O/c1-4-16-15(20)13-5-6-14(19-18-13)17-12-8-10(2)7-11(3)9-12/h5-6,10-12H,4,7-9H2,1-3H3,(H,16,20)(H,17,19). The Hall–Kier alpha value is -1.65. The van der Waals surface area contributed by atoms with Crippen molar-refractivity contribution >= 4 is 11.7 Å². The van der Waals surface area contributed by atoms with E-state index in [1.165, 1.54) is 19.3 Å². The van der Waals surface area contributed by atoms with Crippen LogP contribution in [0, 0.1) is 11.8 Å². The monoisotopic (exact) mass is 276 g/mol. The fourth-order valence-corrected chi connectivity index (χ4v) is 3.06. The molecule has 0 bridgehead atoms. The van der Waals surface area contributed by atoms with Crippen molar-refractivity contribution in [2.75, 3.05) is 11.9 Å². The topological polar surface area (TPSA) is 66.9 Å². The summed E-state index contributed by atoms with van der Waals surface area (Å²) in [5.41, 5.74) is 0.364. The molecule has 2 unspecified atom stereocenters. The summed E-state index contributed by atoms with van der Waals surface area (Å²) in [6.45, 7) is 7.08. The fourth-order valence-electron chi connectivity index (χ4n) is 3.06. The van der Waals surface area contributed by atoms with Gasteiger partial charge in [0.25, 0.3) is 5.91 Å². The summed E-state index contributed by atoms with van der Waals surface area (Å²) in [6, 6.07) is 4.01. The van der Waals surface area contributed by atoms with Crippen LogP contribution in [-0.4, -0.2) is 28.7 Å². The highest BCUT2D eigenvalue weighted by Gasteiger charge is 2.24. The number of anilines is 1. The normalized spacial score (nSPS) is 26.1. The van der Waals surface area contributed by atoms with Crippen molar-refractivity contribution in [3.05, 3.63) is 17.8 Å². The molecule has 0 spiro atoms. The SMILES string of the molecule is CCNC(=O)c1ccc(NC2CC(C)CC(C)C2)nn1. The number of amides is 1. The second-order valence-electron chi connectivity index (χ2n) is 5.92. The first-order chi connectivity index (χ1) is 9.58. The molecule has 20 heavy (non-hydrogen) atoms. The fraction of sp³-hybridized carbons (Fsp3) is 0.667. The summed E-state index contributed by atoms with van der Waals surface area (Å²) in [5.74, 6) is 2.08. The molecule has 5 nitrogen and oxygen atoms in total. The molecule has 1 amide bonds. The Morgan fingerprint density at radius 1 is 1.20 bits per heavy atom. The van der Waals surface area contributed by atoms with Gasteiger partial charge in [0, 0.05) is 12.6 Å². The average Bonchev–Trinajstić information content (AvgIpc) is 2.38. The lowest BCUT2D eigenvalue weighted by molar-refractivity contribution is 0.0950. The third kappa shape index (κ3) is 3.92. The van der Waals surface area contributed by atoms with Crippen molar-refractivity contribution in [3.8, 4) is 0 Å². The van der Waals surface area contributed by atoms with E-state index in [-0.39, 0.29) is 5.91 Å². The molecule has 0 radical (unpaired) electrons. The van der Waals surface area contributed by atoms with Crippen molar-refractivity contribution in [1.82, 2.24) is 15.5 Å². The number of carbonyl (C=O) groups excluding carboxylic acids is 1. The van der Waals surface area contributed by atoms with Crippen molar-refractivity contribution in [2.24, 2.45) is 11.8 Å². The maximum Gasteiger partial charge on any atom is 0.271 e. The molecule has 5 heteroatoms. The van der Waals surface area contributed by atoms with Gasteiger partial charge in [0.15, 0.2) is 5.69 Å². The molecule has 110 valence electrons. The molecule has 2 N–H and O–H groups in total. The van der Waals surface area contributed by atoms with E-state index in [0.717, 1.165) is 17.7 Å². The van der Waals surface area contributed by atoms with E-state index in [1.807, 2.05) is 13.0 Å². The molecule has 2 rings (SSSR count). The first-order valence-corrected chi connectivity index (χ1v) is 7.47. The molecule has 1 aromatic heterocycles. The predicted molar refractivity (Wildman–Crippen MR) is 79.6 cm³/mol. The summed E-state index contributed by atoms with van der Waals surface area (Å²) in [7, 11) is 0. The number of rotatable bonds is 4. The molecule has 1 fully saturated rings. The quantitative estimate of drug-likeness (QED) is 0.886. The molecule has 1 heterocycles. The lowest BCUT2D eigenvalue weighted by atomic mass is 9.80. The zero-order chi connectivity index (χ0) is 14.5. The van der Waals surface area contributed by atoms with E-state index >= 15 is 0 Å². The molecule has 0 aliphatic heterocycles. The zero-order valence-corrected chi connectivity index (χ0v) is 12.5. The van der Waals surface area contributed by atoms with Crippen LogP contribution >= 0.6 is 0 Å². The van der Waals surface area contributed by atoms with Crippen molar-refractivity contribution in [1.29, 1.82) is 0 Å². The van der Waals surface area contributed by atoms with Gasteiger partial charge < -0.3 is 10.6 Å². The summed E-state index contributed by atoms with van der Waals surface area (Å²) >= 11 is 0. The Kier molecular flexibility index (Phi) is 4.93. The molecule has 0 saturated heterocycles. The van der Waals surface area contributed by atoms with Crippen LogP contribution < -0.4 is 10.6 Å². The van der Waals surface area contributed by atoms with E-state index < -0.39 is 0 Å². The van der Waals surface area contributed by atoms with Crippen LogP contribution in [0.5, 0.6) is 0 Å². The number of hydrogen-bond donors (Lipinski definition) is 2. The minimum absolute atomic E-state index is 0.175. The maximum atomic E-state index is 11.6. The highest BCUT2D eigenvalue weighted by molar-refractivity contribution is 5.92. The van der Waals surface area contributed by atoms with Gasteiger partial charge in [0.1, 0.15) is 5.82 Å². The Bertz CT molecular complexity index is 436. The van der Waals surface area contributed by atoms with E-state index in [9.17, 15) is 4.79 Å². The lowest BCUT2D eigenvalue weighted by Gasteiger charge is -2.32. The summed E-state index contributed by atoms with van der Waals surface area (Å²) in [6.07, 6.45) is 3.65. The Morgan fingerprint density at radius 3 is 2.45 bits per heavy atom. The first-order valence-electron chi connectivity index (χ1n) is 7.47. The van der Waals surface area contributed by atoms with Crippen molar-refractivity contribution in [2.45, 2.75) is 46.1 Å². The lowest BCUT2D eigenvalue weighted by Crippen LogP contribution is -2.30. The maximum absolute atomic E-state index is 11.6. The summed E-state index contributed by atoms with van der Waals surface area (Å²) in [4.78, 5) is 11.6. The minimum atomic E-state index is -0.175. The second-order valence-corrected chi connectivity index (χ2v) is 5.92. The predicted octanol–water partition coefficient (Wildman–Crippen LogP) is 2.46. The van der Waals surface area contributed by atoms with Crippen LogP contribution in [0.3, 0.4) is 0 Å². The van der Waals surface area contributed by atoms with Crippen molar-refractivity contribution in [3.63, 3.8) is 0 Å². The molecule has 0 aromatic carbocycles. The third-order valence-electron chi connectivity index (χ3n) is 3.77. The van der Waals surface area contributed by atoms with Gasteiger partial charge in [-0.05, 0) is 50.2 Å². The van der Waals surface area contributed by atoms with Gasteiger partial charge in [0.05, 0.1) is 0 Å². The third-order valence-corrected chi connectivity index (χ3v) is 3.77. The highest BCUT2D eigenvalue weighted by Crippen LogP contribution is 2.29. The van der Waals surface area contributed by atoms with Crippen LogP contribution in [-0.2, 0) is 0 Å². The van der Waals surface area contributed by atoms with Crippen LogP contribution in [0.25, 0.3) is 0 Å². The van der Waals surface area contributed by atoms with Gasteiger partial charge >= 0.3 is 0 Å². The summed E-state index contributed by atoms with van der Waals surface area (Å²) < 4.78 is 0. The van der Waals surface area contributed by atoms with Crippen LogP contribution in [0.2, 0.25) is 0 Å². The van der Waals surface area contributed by atoms with E-state index in [0.29, 0.717) is 18.3 Å².